The molecule has 1 fully saturated rings. The van der Waals surface area contributed by atoms with Crippen LogP contribution < -0.4 is 5.32 Å². The molecule has 2 rings (SSSR count). The minimum absolute atomic E-state index is 0.00484. The van der Waals surface area contributed by atoms with Crippen LogP contribution in [0.5, 0.6) is 0 Å². The highest BCUT2D eigenvalue weighted by Crippen LogP contribution is 2.19. The van der Waals surface area contributed by atoms with Crippen molar-refractivity contribution in [2.24, 2.45) is 5.92 Å². The van der Waals surface area contributed by atoms with Gasteiger partial charge in [0.25, 0.3) is 0 Å². The van der Waals surface area contributed by atoms with Gasteiger partial charge in [0.1, 0.15) is 5.82 Å². The van der Waals surface area contributed by atoms with E-state index in [1.807, 2.05) is 20.8 Å². The molecule has 8 heteroatoms. The quantitative estimate of drug-likeness (QED) is 0.864. The van der Waals surface area contributed by atoms with Gasteiger partial charge in [0, 0.05) is 38.5 Å². The summed E-state index contributed by atoms with van der Waals surface area (Å²) in [5.41, 5.74) is -0.120. The molecule has 8 nitrogen and oxygen atoms in total. The summed E-state index contributed by atoms with van der Waals surface area (Å²) in [7, 11) is 3.48. The fraction of sp³-hybridized carbons (Fsp3) is 0.750. The van der Waals surface area contributed by atoms with E-state index in [1.54, 1.807) is 23.9 Å². The number of amides is 3. The second-order valence-corrected chi connectivity index (χ2v) is 7.51. The molecule has 0 atom stereocenters. The number of urea groups is 1. The molecule has 0 bridgehead atoms. The van der Waals surface area contributed by atoms with E-state index in [0.717, 1.165) is 5.82 Å². The van der Waals surface area contributed by atoms with E-state index in [2.05, 4.69) is 20.5 Å². The van der Waals surface area contributed by atoms with Gasteiger partial charge < -0.3 is 15.1 Å². The highest BCUT2D eigenvalue weighted by Gasteiger charge is 2.28. The number of nitrogens with zero attached hydrogens (tertiary/aromatic N) is 4. The monoisotopic (exact) mass is 336 g/mol. The maximum Gasteiger partial charge on any atom is 0.319 e. The summed E-state index contributed by atoms with van der Waals surface area (Å²) in [6.45, 7) is 7.71. The first-order valence-electron chi connectivity index (χ1n) is 8.34. The zero-order chi connectivity index (χ0) is 17.9. The van der Waals surface area contributed by atoms with Gasteiger partial charge in [0.15, 0.2) is 5.82 Å². The van der Waals surface area contributed by atoms with Gasteiger partial charge >= 0.3 is 6.03 Å². The largest absolute Gasteiger partial charge is 0.349 e. The van der Waals surface area contributed by atoms with Gasteiger partial charge in [-0.15, -0.1) is 0 Å². The van der Waals surface area contributed by atoms with E-state index in [9.17, 15) is 9.59 Å². The second kappa shape index (κ2) is 7.19. The summed E-state index contributed by atoms with van der Waals surface area (Å²) in [4.78, 5) is 32.0. The number of aromatic amines is 1. The average Bonchev–Trinajstić information content (AvgIpc) is 3.01. The molecule has 1 aliphatic heterocycles. The molecule has 1 aliphatic rings. The Hall–Kier alpha value is -2.12. The summed E-state index contributed by atoms with van der Waals surface area (Å²) in [5.74, 6) is 1.36. The third-order valence-corrected chi connectivity index (χ3v) is 4.15. The van der Waals surface area contributed by atoms with Crippen molar-refractivity contribution in [3.8, 4) is 0 Å². The summed E-state index contributed by atoms with van der Waals surface area (Å²) in [5, 5.41) is 9.97. The van der Waals surface area contributed by atoms with Crippen LogP contribution in [0.2, 0.25) is 0 Å². The molecule has 3 amide bonds. The van der Waals surface area contributed by atoms with E-state index < -0.39 is 0 Å². The van der Waals surface area contributed by atoms with Gasteiger partial charge in [-0.05, 0) is 12.8 Å². The zero-order valence-corrected chi connectivity index (χ0v) is 15.2. The van der Waals surface area contributed by atoms with Crippen molar-refractivity contribution >= 4 is 11.9 Å². The van der Waals surface area contributed by atoms with Gasteiger partial charge in [-0.3, -0.25) is 9.89 Å². The molecule has 0 unspecified atom stereocenters. The molecule has 0 spiro atoms. The number of carbonyl (C=O) groups is 2. The second-order valence-electron chi connectivity index (χ2n) is 7.51. The summed E-state index contributed by atoms with van der Waals surface area (Å²) in [6, 6.07) is 0.00484. The van der Waals surface area contributed by atoms with Crippen molar-refractivity contribution in [1.82, 2.24) is 30.3 Å². The Labute approximate surface area is 143 Å². The van der Waals surface area contributed by atoms with Crippen LogP contribution in [0, 0.1) is 5.92 Å². The van der Waals surface area contributed by atoms with Gasteiger partial charge in [0.05, 0.1) is 6.54 Å². The molecule has 134 valence electrons. The van der Waals surface area contributed by atoms with Crippen molar-refractivity contribution in [3.63, 3.8) is 0 Å². The lowest BCUT2D eigenvalue weighted by molar-refractivity contribution is -0.126. The predicted octanol–water partition coefficient (Wildman–Crippen LogP) is 1.11. The third kappa shape index (κ3) is 4.46. The Morgan fingerprint density at radius 2 is 1.92 bits per heavy atom. The smallest absolute Gasteiger partial charge is 0.319 e. The number of hydrogen-bond donors (Lipinski definition) is 2. The summed E-state index contributed by atoms with van der Waals surface area (Å²) >= 11 is 0. The van der Waals surface area contributed by atoms with Crippen LogP contribution in [0.3, 0.4) is 0 Å². The van der Waals surface area contributed by atoms with Gasteiger partial charge in [-0.2, -0.15) is 5.10 Å². The van der Waals surface area contributed by atoms with Crippen LogP contribution in [0.1, 0.15) is 45.3 Å². The Morgan fingerprint density at radius 1 is 1.29 bits per heavy atom. The molecule has 0 radical (unpaired) electrons. The molecule has 2 heterocycles. The first-order valence-corrected chi connectivity index (χ1v) is 8.34. The molecule has 2 N–H and O–H groups in total. The number of piperidine rings is 1. The lowest BCUT2D eigenvalue weighted by Crippen LogP contribution is -2.46. The van der Waals surface area contributed by atoms with Crippen LogP contribution >= 0.6 is 0 Å². The standard InChI is InChI=1S/C16H28N6O2/c1-16(2,3)14-18-12(19-20-14)10-17-13(23)11-6-8-22(9-7-11)15(24)21(4)5/h11H,6-10H2,1-5H3,(H,17,23)(H,18,19,20). The Balaban J connectivity index is 1.80. The molecule has 24 heavy (non-hydrogen) atoms. The summed E-state index contributed by atoms with van der Waals surface area (Å²) < 4.78 is 0. The molecule has 1 aromatic heterocycles. The SMILES string of the molecule is CN(C)C(=O)N1CCC(C(=O)NCc2nc(C(C)(C)C)n[nH]2)CC1. The highest BCUT2D eigenvalue weighted by atomic mass is 16.2. The van der Waals surface area contributed by atoms with E-state index in [0.29, 0.717) is 38.3 Å². The number of aromatic nitrogens is 3. The van der Waals surface area contributed by atoms with Crippen LogP contribution in [-0.2, 0) is 16.8 Å². The fourth-order valence-electron chi connectivity index (χ4n) is 2.64. The Kier molecular flexibility index (Phi) is 5.46. The molecular weight excluding hydrogens is 308 g/mol. The molecule has 1 saturated heterocycles. The van der Waals surface area contributed by atoms with E-state index in [-0.39, 0.29) is 23.3 Å². The number of H-pyrrole nitrogens is 1. The average molecular weight is 336 g/mol. The number of rotatable bonds is 3. The summed E-state index contributed by atoms with van der Waals surface area (Å²) in [6.07, 6.45) is 1.38. The number of likely N-dealkylation sites (tertiary alicyclic amines) is 1. The maximum atomic E-state index is 12.3. The van der Waals surface area contributed by atoms with Crippen molar-refractivity contribution < 1.29 is 9.59 Å². The molecule has 0 saturated carbocycles. The Morgan fingerprint density at radius 3 is 2.42 bits per heavy atom. The van der Waals surface area contributed by atoms with Gasteiger partial charge in [-0.25, -0.2) is 9.78 Å². The zero-order valence-electron chi connectivity index (χ0n) is 15.2. The lowest BCUT2D eigenvalue weighted by atomic mass is 9.96. The topological polar surface area (TPSA) is 94.2 Å². The predicted molar refractivity (Wildman–Crippen MR) is 90.3 cm³/mol. The minimum Gasteiger partial charge on any atom is -0.349 e. The normalized spacial score (nSPS) is 16.1. The fourth-order valence-corrected chi connectivity index (χ4v) is 2.64. The first kappa shape index (κ1) is 18.2. The highest BCUT2D eigenvalue weighted by molar-refractivity contribution is 5.79. The van der Waals surface area contributed by atoms with E-state index in [4.69, 9.17) is 0 Å². The van der Waals surface area contributed by atoms with Crippen LogP contribution in [0.4, 0.5) is 4.79 Å². The number of nitrogens with one attached hydrogen (secondary N) is 2. The van der Waals surface area contributed by atoms with Crippen molar-refractivity contribution in [1.29, 1.82) is 0 Å². The third-order valence-electron chi connectivity index (χ3n) is 4.15. The molecule has 1 aromatic rings. The number of carbonyl (C=O) groups excluding carboxylic acids is 2. The van der Waals surface area contributed by atoms with E-state index in [1.165, 1.54) is 0 Å². The van der Waals surface area contributed by atoms with E-state index >= 15 is 0 Å². The molecular formula is C16H28N6O2. The van der Waals surface area contributed by atoms with Crippen molar-refractivity contribution in [2.45, 2.75) is 45.6 Å². The van der Waals surface area contributed by atoms with Gasteiger partial charge in [-0.1, -0.05) is 20.8 Å². The van der Waals surface area contributed by atoms with Crippen molar-refractivity contribution in [3.05, 3.63) is 11.6 Å². The van der Waals surface area contributed by atoms with Crippen LogP contribution in [-0.4, -0.2) is 64.1 Å². The lowest BCUT2D eigenvalue weighted by Gasteiger charge is -2.33. The number of hydrogen-bond acceptors (Lipinski definition) is 4. The van der Waals surface area contributed by atoms with Crippen molar-refractivity contribution in [2.75, 3.05) is 27.2 Å². The minimum atomic E-state index is -0.120. The molecule has 0 aliphatic carbocycles. The molecule has 0 aromatic carbocycles. The Bertz CT molecular complexity index is 582. The first-order chi connectivity index (χ1) is 11.2. The maximum absolute atomic E-state index is 12.3. The van der Waals surface area contributed by atoms with Crippen LogP contribution in [0.25, 0.3) is 0 Å². The van der Waals surface area contributed by atoms with Gasteiger partial charge in [0.2, 0.25) is 5.91 Å². The van der Waals surface area contributed by atoms with Crippen LogP contribution in [0.15, 0.2) is 0 Å².